The third-order valence-electron chi connectivity index (χ3n) is 1.33. The molecule has 0 atom stereocenters. The zero-order valence-electron chi connectivity index (χ0n) is 6.38. The molecule has 1 heterocycles. The molecule has 72 valence electrons. The first-order chi connectivity index (χ1) is 6.00. The van der Waals surface area contributed by atoms with Crippen molar-refractivity contribution in [3.05, 3.63) is 27.9 Å². The first-order valence-corrected chi connectivity index (χ1v) is 3.34. The molecule has 0 radical (unpaired) electrons. The van der Waals surface area contributed by atoms with Crippen molar-refractivity contribution >= 4 is 0 Å². The fourth-order valence-corrected chi connectivity index (χ4v) is 0.768. The van der Waals surface area contributed by atoms with Crippen molar-refractivity contribution in [2.45, 2.75) is 12.6 Å². The van der Waals surface area contributed by atoms with Crippen molar-refractivity contribution in [3.63, 3.8) is 0 Å². The van der Waals surface area contributed by atoms with Crippen LogP contribution >= 0.6 is 0 Å². The summed E-state index contributed by atoms with van der Waals surface area (Å²) in [5.74, 6) is 0. The molecule has 0 aliphatic rings. The highest BCUT2D eigenvalue weighted by Gasteiger charge is 2.10. The number of aromatic nitrogens is 2. The van der Waals surface area contributed by atoms with Crippen molar-refractivity contribution in [3.8, 4) is 0 Å². The Morgan fingerprint density at radius 2 is 1.85 bits per heavy atom. The van der Waals surface area contributed by atoms with Crippen molar-refractivity contribution in [1.82, 2.24) is 9.97 Å². The summed E-state index contributed by atoms with van der Waals surface area (Å²) in [5, 5.41) is 34.6. The predicted octanol–water partition coefficient (Wildman–Crippen LogP) is -2.26. The maximum Gasteiger partial charge on any atom is 0.345 e. The van der Waals surface area contributed by atoms with E-state index in [0.717, 1.165) is 6.07 Å². The Balaban J connectivity index is 3.19. The average molecular weight is 188 g/mol. The minimum atomic E-state index is -1.92. The van der Waals surface area contributed by atoms with Crippen LogP contribution in [0.15, 0.2) is 10.9 Å². The fraction of sp³-hybridized carbons (Fsp3) is 0.333. The third kappa shape index (κ3) is 2.33. The summed E-state index contributed by atoms with van der Waals surface area (Å²) in [6, 6.07) is 0.969. The first-order valence-electron chi connectivity index (χ1n) is 3.34. The lowest BCUT2D eigenvalue weighted by molar-refractivity contribution is -0.0522. The molecule has 0 spiro atoms. The molecule has 0 aliphatic heterocycles. The van der Waals surface area contributed by atoms with E-state index in [9.17, 15) is 4.79 Å². The van der Waals surface area contributed by atoms with E-state index in [2.05, 4.69) is 4.98 Å². The van der Waals surface area contributed by atoms with Crippen LogP contribution in [0.5, 0.6) is 0 Å². The van der Waals surface area contributed by atoms with Gasteiger partial charge in [-0.2, -0.15) is 4.98 Å². The first kappa shape index (κ1) is 9.81. The van der Waals surface area contributed by atoms with E-state index in [0.29, 0.717) is 0 Å². The predicted molar refractivity (Wildman–Crippen MR) is 39.2 cm³/mol. The van der Waals surface area contributed by atoms with Gasteiger partial charge in [0.25, 0.3) is 0 Å². The zero-order chi connectivity index (χ0) is 10.0. The molecular weight excluding hydrogens is 180 g/mol. The van der Waals surface area contributed by atoms with Crippen molar-refractivity contribution in [1.29, 1.82) is 0 Å². The van der Waals surface area contributed by atoms with Crippen LogP contribution < -0.4 is 5.69 Å². The lowest BCUT2D eigenvalue weighted by Crippen LogP contribution is -2.18. The maximum absolute atomic E-state index is 10.7. The summed E-state index contributed by atoms with van der Waals surface area (Å²) >= 11 is 0. The molecule has 0 fully saturated rings. The SMILES string of the molecule is O=c1nc(C(O)O)cc(C(O)O)[nH]1. The van der Waals surface area contributed by atoms with Gasteiger partial charge in [0.05, 0.1) is 5.69 Å². The van der Waals surface area contributed by atoms with E-state index in [1.165, 1.54) is 0 Å². The highest BCUT2D eigenvalue weighted by Crippen LogP contribution is 2.09. The van der Waals surface area contributed by atoms with E-state index in [1.807, 2.05) is 4.98 Å². The summed E-state index contributed by atoms with van der Waals surface area (Å²) in [4.78, 5) is 15.9. The fourth-order valence-electron chi connectivity index (χ4n) is 0.768. The lowest BCUT2D eigenvalue weighted by atomic mass is 10.3. The molecule has 0 saturated heterocycles. The summed E-state index contributed by atoms with van der Waals surface area (Å²) in [6.45, 7) is 0. The molecule has 0 bridgehead atoms. The van der Waals surface area contributed by atoms with Gasteiger partial charge < -0.3 is 25.4 Å². The monoisotopic (exact) mass is 188 g/mol. The van der Waals surface area contributed by atoms with Gasteiger partial charge in [0.1, 0.15) is 5.69 Å². The molecule has 0 unspecified atom stereocenters. The van der Waals surface area contributed by atoms with Gasteiger partial charge in [0, 0.05) is 0 Å². The summed E-state index contributed by atoms with van der Waals surface area (Å²) < 4.78 is 0. The maximum atomic E-state index is 10.7. The second-order valence-electron chi connectivity index (χ2n) is 2.31. The van der Waals surface area contributed by atoms with Crippen molar-refractivity contribution in [2.24, 2.45) is 0 Å². The third-order valence-corrected chi connectivity index (χ3v) is 1.33. The van der Waals surface area contributed by atoms with Gasteiger partial charge in [-0.25, -0.2) is 4.79 Å². The van der Waals surface area contributed by atoms with Gasteiger partial charge in [-0.1, -0.05) is 0 Å². The zero-order valence-corrected chi connectivity index (χ0v) is 6.38. The Labute approximate surface area is 71.9 Å². The molecule has 5 N–H and O–H groups in total. The molecule has 1 aromatic heterocycles. The van der Waals surface area contributed by atoms with Crippen LogP contribution in [0, 0.1) is 0 Å². The number of rotatable bonds is 2. The van der Waals surface area contributed by atoms with Crippen LogP contribution in [0.3, 0.4) is 0 Å². The van der Waals surface area contributed by atoms with Crippen LogP contribution in [0.25, 0.3) is 0 Å². The number of hydrogen-bond donors (Lipinski definition) is 5. The Kier molecular flexibility index (Phi) is 2.73. The second kappa shape index (κ2) is 3.62. The Bertz CT molecular complexity index is 316. The molecular formula is C6H8N2O5. The molecule has 7 heteroatoms. The summed E-state index contributed by atoms with van der Waals surface area (Å²) in [5.41, 5.74) is -1.47. The number of aliphatic hydroxyl groups is 4. The number of nitrogens with zero attached hydrogens (tertiary/aromatic N) is 1. The van der Waals surface area contributed by atoms with Gasteiger partial charge in [-0.05, 0) is 6.07 Å². The van der Waals surface area contributed by atoms with Gasteiger partial charge in [-0.15, -0.1) is 0 Å². The molecule has 7 nitrogen and oxygen atoms in total. The molecule has 0 saturated carbocycles. The van der Waals surface area contributed by atoms with Crippen LogP contribution in [0.4, 0.5) is 0 Å². The normalized spacial score (nSPS) is 11.2. The number of hydrogen-bond acceptors (Lipinski definition) is 6. The minimum absolute atomic E-state index is 0.247. The Hall–Kier alpha value is -1.28. The number of H-pyrrole nitrogens is 1. The van der Waals surface area contributed by atoms with E-state index < -0.39 is 18.3 Å². The molecule has 0 aliphatic carbocycles. The standard InChI is InChI=1S/C6H8N2O5/c9-4(10)2-1-3(5(11)12)8-6(13)7-2/h1,4-5,9-12H,(H,7,8,13). The van der Waals surface area contributed by atoms with Gasteiger partial charge in [0.2, 0.25) is 0 Å². The highest BCUT2D eigenvalue weighted by atomic mass is 16.5. The Morgan fingerprint density at radius 3 is 2.31 bits per heavy atom. The number of nitrogens with one attached hydrogen (secondary N) is 1. The molecule has 0 aromatic carbocycles. The van der Waals surface area contributed by atoms with Gasteiger partial charge >= 0.3 is 5.69 Å². The quantitative estimate of drug-likeness (QED) is 0.333. The minimum Gasteiger partial charge on any atom is -0.363 e. The van der Waals surface area contributed by atoms with E-state index in [4.69, 9.17) is 20.4 Å². The largest absolute Gasteiger partial charge is 0.363 e. The molecule has 1 rings (SSSR count). The van der Waals surface area contributed by atoms with Crippen molar-refractivity contribution < 1.29 is 20.4 Å². The summed E-state index contributed by atoms with van der Waals surface area (Å²) in [7, 11) is 0. The van der Waals surface area contributed by atoms with E-state index >= 15 is 0 Å². The van der Waals surface area contributed by atoms with Gasteiger partial charge in [0.15, 0.2) is 12.6 Å². The van der Waals surface area contributed by atoms with E-state index in [-0.39, 0.29) is 11.4 Å². The van der Waals surface area contributed by atoms with Crippen molar-refractivity contribution in [2.75, 3.05) is 0 Å². The second-order valence-corrected chi connectivity index (χ2v) is 2.31. The number of aliphatic hydroxyl groups excluding tert-OH is 2. The summed E-state index contributed by atoms with van der Waals surface area (Å²) in [6.07, 6.45) is -3.80. The van der Waals surface area contributed by atoms with Crippen LogP contribution in [-0.2, 0) is 0 Å². The lowest BCUT2D eigenvalue weighted by Gasteiger charge is -2.06. The number of aromatic amines is 1. The molecule has 1 aromatic rings. The highest BCUT2D eigenvalue weighted by molar-refractivity contribution is 5.09. The van der Waals surface area contributed by atoms with Crippen LogP contribution in [0.1, 0.15) is 24.0 Å². The average Bonchev–Trinajstić information content (AvgIpc) is 2.03. The molecule has 0 amide bonds. The molecule has 13 heavy (non-hydrogen) atoms. The van der Waals surface area contributed by atoms with E-state index in [1.54, 1.807) is 0 Å². The van der Waals surface area contributed by atoms with Crippen LogP contribution in [-0.4, -0.2) is 30.4 Å². The van der Waals surface area contributed by atoms with Gasteiger partial charge in [-0.3, -0.25) is 0 Å². The van der Waals surface area contributed by atoms with Crippen LogP contribution in [0.2, 0.25) is 0 Å². The smallest absolute Gasteiger partial charge is 0.345 e. The Morgan fingerprint density at radius 1 is 1.23 bits per heavy atom. The topological polar surface area (TPSA) is 127 Å².